The maximum atomic E-state index is 5.28. The highest BCUT2D eigenvalue weighted by Crippen LogP contribution is 2.09. The highest BCUT2D eigenvalue weighted by atomic mass is 16.6. The van der Waals surface area contributed by atoms with Crippen molar-refractivity contribution in [3.63, 3.8) is 0 Å². The summed E-state index contributed by atoms with van der Waals surface area (Å²) in [6.07, 6.45) is 4.42. The molecule has 2 rings (SSSR count). The van der Waals surface area contributed by atoms with Crippen molar-refractivity contribution in [1.82, 2.24) is 4.98 Å². The molecule has 0 aliphatic heterocycles. The predicted molar refractivity (Wildman–Crippen MR) is 92.5 cm³/mol. The van der Waals surface area contributed by atoms with Crippen LogP contribution in [0.4, 0.5) is 0 Å². The van der Waals surface area contributed by atoms with Gasteiger partial charge in [-0.3, -0.25) is 4.98 Å². The smallest absolute Gasteiger partial charge is 0.212 e. The van der Waals surface area contributed by atoms with Crippen LogP contribution >= 0.6 is 0 Å². The van der Waals surface area contributed by atoms with Crippen LogP contribution in [0.15, 0.2) is 53.8 Å². The molecule has 1 heterocycles. The van der Waals surface area contributed by atoms with Crippen molar-refractivity contribution in [3.8, 4) is 11.8 Å². The summed E-state index contributed by atoms with van der Waals surface area (Å²) in [7, 11) is 0. The average molecular weight is 307 g/mol. The minimum atomic E-state index is 0.227. The van der Waals surface area contributed by atoms with Gasteiger partial charge >= 0.3 is 0 Å². The number of hydrogen-bond acceptors (Lipinski definition) is 4. The Labute approximate surface area is 137 Å². The minimum Gasteiger partial charge on any atom is -0.396 e. The summed E-state index contributed by atoms with van der Waals surface area (Å²) in [5.41, 5.74) is 3.01. The van der Waals surface area contributed by atoms with Gasteiger partial charge < -0.3 is 4.84 Å². The Morgan fingerprint density at radius 1 is 1.13 bits per heavy atom. The Kier molecular flexibility index (Phi) is 6.34. The van der Waals surface area contributed by atoms with Crippen molar-refractivity contribution in [1.29, 1.82) is 0 Å². The molecule has 1 aromatic carbocycles. The first-order valence-electron chi connectivity index (χ1n) is 7.65. The topological polar surface area (TPSA) is 60.5 Å². The zero-order chi connectivity index (χ0) is 16.5. The molecule has 1 aromatic heterocycles. The van der Waals surface area contributed by atoms with Gasteiger partial charge in [-0.05, 0) is 36.2 Å². The molecule has 1 atom stereocenters. The number of nitrogens with two attached hydrogens (primary N) is 1. The number of benzene rings is 1. The first kappa shape index (κ1) is 16.7. The molecule has 118 valence electrons. The van der Waals surface area contributed by atoms with Gasteiger partial charge in [0.1, 0.15) is 0 Å². The second-order valence-corrected chi connectivity index (χ2v) is 5.26. The molecule has 4 nitrogen and oxygen atoms in total. The standard InChI is InChI=1S/C19H21N3O/c1-3-15(2)19(23-20)22-14-18-8-6-16(7-9-18)4-5-17-10-12-21-13-11-17/h6-13,15H,3,14,20H2,1-2H3. The summed E-state index contributed by atoms with van der Waals surface area (Å²) in [6.45, 7) is 4.67. The lowest BCUT2D eigenvalue weighted by molar-refractivity contribution is 0.293. The first-order chi connectivity index (χ1) is 11.2. The summed E-state index contributed by atoms with van der Waals surface area (Å²) >= 11 is 0. The maximum Gasteiger partial charge on any atom is 0.212 e. The molecule has 4 heteroatoms. The van der Waals surface area contributed by atoms with Gasteiger partial charge in [-0.15, -0.1) is 0 Å². The SMILES string of the molecule is CCC(C)C(=NCc1ccc(C#Cc2ccncc2)cc1)ON. The summed E-state index contributed by atoms with van der Waals surface area (Å²) in [6, 6.07) is 11.8. The maximum absolute atomic E-state index is 5.28. The summed E-state index contributed by atoms with van der Waals surface area (Å²) in [4.78, 5) is 13.3. The van der Waals surface area contributed by atoms with Crippen molar-refractivity contribution >= 4 is 5.90 Å². The molecule has 0 aliphatic carbocycles. The van der Waals surface area contributed by atoms with Crippen LogP contribution in [0.1, 0.15) is 37.0 Å². The zero-order valence-corrected chi connectivity index (χ0v) is 13.5. The van der Waals surface area contributed by atoms with Gasteiger partial charge in [0.25, 0.3) is 0 Å². The quantitative estimate of drug-likeness (QED) is 0.408. The minimum absolute atomic E-state index is 0.227. The van der Waals surface area contributed by atoms with Crippen LogP contribution in [-0.4, -0.2) is 10.9 Å². The molecule has 0 radical (unpaired) electrons. The fourth-order valence-corrected chi connectivity index (χ4v) is 1.93. The Morgan fingerprint density at radius 2 is 1.74 bits per heavy atom. The van der Waals surface area contributed by atoms with E-state index in [0.29, 0.717) is 12.4 Å². The third-order valence-corrected chi connectivity index (χ3v) is 3.56. The Morgan fingerprint density at radius 3 is 2.30 bits per heavy atom. The van der Waals surface area contributed by atoms with E-state index in [1.165, 1.54) is 0 Å². The molecule has 0 fully saturated rings. The fraction of sp³-hybridized carbons (Fsp3) is 0.263. The molecule has 2 N–H and O–H groups in total. The van der Waals surface area contributed by atoms with E-state index in [-0.39, 0.29) is 5.92 Å². The van der Waals surface area contributed by atoms with Crippen molar-refractivity contribution in [2.75, 3.05) is 0 Å². The molecule has 0 amide bonds. The molecule has 2 aromatic rings. The molecule has 0 bridgehead atoms. The number of hydrogen-bond donors (Lipinski definition) is 1. The molecule has 1 unspecified atom stereocenters. The van der Waals surface area contributed by atoms with Crippen LogP contribution in [0.5, 0.6) is 0 Å². The lowest BCUT2D eigenvalue weighted by Gasteiger charge is -2.10. The summed E-state index contributed by atoms with van der Waals surface area (Å²) in [5, 5.41) is 0. The number of pyridine rings is 1. The lowest BCUT2D eigenvalue weighted by atomic mass is 10.1. The Hall–Kier alpha value is -2.64. The van der Waals surface area contributed by atoms with Crippen molar-refractivity contribution in [2.24, 2.45) is 16.8 Å². The van der Waals surface area contributed by atoms with Gasteiger partial charge in [-0.25, -0.2) is 4.99 Å². The highest BCUT2D eigenvalue weighted by Gasteiger charge is 2.08. The van der Waals surface area contributed by atoms with E-state index in [2.05, 4.69) is 28.7 Å². The van der Waals surface area contributed by atoms with Gasteiger partial charge in [0.2, 0.25) is 5.90 Å². The van der Waals surface area contributed by atoms with E-state index in [9.17, 15) is 0 Å². The zero-order valence-electron chi connectivity index (χ0n) is 13.5. The van der Waals surface area contributed by atoms with Crippen LogP contribution in [0, 0.1) is 17.8 Å². The first-order valence-corrected chi connectivity index (χ1v) is 7.65. The molecular weight excluding hydrogens is 286 g/mol. The molecule has 0 saturated carbocycles. The monoisotopic (exact) mass is 307 g/mol. The van der Waals surface area contributed by atoms with E-state index in [1.54, 1.807) is 12.4 Å². The molecule has 23 heavy (non-hydrogen) atoms. The third kappa shape index (κ3) is 5.24. The molecule has 0 spiro atoms. The van der Waals surface area contributed by atoms with Crippen LogP contribution in [0.25, 0.3) is 0 Å². The van der Waals surface area contributed by atoms with E-state index in [4.69, 9.17) is 10.7 Å². The summed E-state index contributed by atoms with van der Waals surface area (Å²) in [5.74, 6) is 12.3. The predicted octanol–water partition coefficient (Wildman–Crippen LogP) is 3.32. The van der Waals surface area contributed by atoms with Crippen molar-refractivity contribution in [3.05, 3.63) is 65.5 Å². The summed E-state index contributed by atoms with van der Waals surface area (Å²) < 4.78 is 0. The van der Waals surface area contributed by atoms with Gasteiger partial charge in [0.15, 0.2) is 0 Å². The molecule has 0 aliphatic rings. The number of nitrogens with zero attached hydrogens (tertiary/aromatic N) is 2. The van der Waals surface area contributed by atoms with Crippen LogP contribution in [0.2, 0.25) is 0 Å². The highest BCUT2D eigenvalue weighted by molar-refractivity contribution is 5.78. The van der Waals surface area contributed by atoms with E-state index >= 15 is 0 Å². The van der Waals surface area contributed by atoms with Gasteiger partial charge in [0, 0.05) is 29.4 Å². The van der Waals surface area contributed by atoms with Gasteiger partial charge in [-0.2, -0.15) is 5.90 Å². The van der Waals surface area contributed by atoms with Crippen LogP contribution in [-0.2, 0) is 11.4 Å². The average Bonchev–Trinajstić information content (AvgIpc) is 2.62. The number of rotatable bonds is 4. The van der Waals surface area contributed by atoms with Gasteiger partial charge in [0.05, 0.1) is 6.54 Å². The van der Waals surface area contributed by atoms with E-state index in [0.717, 1.165) is 23.1 Å². The van der Waals surface area contributed by atoms with E-state index < -0.39 is 0 Å². The molecular formula is C19H21N3O. The number of aromatic nitrogens is 1. The van der Waals surface area contributed by atoms with Gasteiger partial charge in [-0.1, -0.05) is 37.8 Å². The second kappa shape index (κ2) is 8.72. The van der Waals surface area contributed by atoms with Crippen LogP contribution in [0.3, 0.4) is 0 Å². The lowest BCUT2D eigenvalue weighted by Crippen LogP contribution is -2.18. The fourth-order valence-electron chi connectivity index (χ4n) is 1.93. The largest absolute Gasteiger partial charge is 0.396 e. The van der Waals surface area contributed by atoms with Crippen LogP contribution < -0.4 is 5.90 Å². The normalized spacial score (nSPS) is 12.2. The second-order valence-electron chi connectivity index (χ2n) is 5.26. The van der Waals surface area contributed by atoms with Crippen molar-refractivity contribution < 1.29 is 4.84 Å². The Balaban J connectivity index is 2.03. The number of aliphatic imine (C=N–C) groups is 1. The Bertz CT molecular complexity index is 697. The third-order valence-electron chi connectivity index (χ3n) is 3.56. The van der Waals surface area contributed by atoms with Crippen molar-refractivity contribution in [2.45, 2.75) is 26.8 Å². The van der Waals surface area contributed by atoms with E-state index in [1.807, 2.05) is 43.3 Å². The molecule has 0 saturated heterocycles.